The molecule has 0 aliphatic carbocycles. The van der Waals surface area contributed by atoms with Gasteiger partial charge in [0, 0.05) is 34.5 Å². The smallest absolute Gasteiger partial charge is 0.361 e. The summed E-state index contributed by atoms with van der Waals surface area (Å²) in [6.07, 6.45) is -0.484. The lowest BCUT2D eigenvalue weighted by molar-refractivity contribution is -0.137. The summed E-state index contributed by atoms with van der Waals surface area (Å²) in [7, 11) is 0. The number of carbonyl (C=O) groups is 2. The Balaban J connectivity index is 1.62. The molecule has 0 aliphatic heterocycles. The number of benzene rings is 2. The van der Waals surface area contributed by atoms with Gasteiger partial charge in [0.15, 0.2) is 0 Å². The number of hydrogen-bond acceptors (Lipinski definition) is 5. The molecule has 35 heavy (non-hydrogen) atoms. The quantitative estimate of drug-likeness (QED) is 0.401. The van der Waals surface area contributed by atoms with E-state index in [1.807, 2.05) is 0 Å². The van der Waals surface area contributed by atoms with Crippen LogP contribution in [0.2, 0.25) is 0 Å². The molecule has 0 bridgehead atoms. The lowest BCUT2D eigenvalue weighted by atomic mass is 10.1. The first-order valence-corrected chi connectivity index (χ1v) is 10.4. The molecule has 11 heteroatoms. The van der Waals surface area contributed by atoms with Crippen molar-refractivity contribution in [1.82, 2.24) is 14.7 Å². The molecule has 4 rings (SSSR count). The van der Waals surface area contributed by atoms with Gasteiger partial charge in [0.2, 0.25) is 0 Å². The third-order valence-electron chi connectivity index (χ3n) is 5.35. The molecule has 0 fully saturated rings. The number of imidazole rings is 1. The number of amides is 2. The molecule has 2 amide bonds. The maximum atomic E-state index is 13.5. The van der Waals surface area contributed by atoms with Gasteiger partial charge in [0.25, 0.3) is 11.8 Å². The van der Waals surface area contributed by atoms with E-state index >= 15 is 0 Å². The van der Waals surface area contributed by atoms with Crippen molar-refractivity contribution in [3.63, 3.8) is 0 Å². The normalized spacial score (nSPS) is 11.4. The highest BCUT2D eigenvalue weighted by molar-refractivity contribution is 6.07. The first-order chi connectivity index (χ1) is 16.5. The third-order valence-corrected chi connectivity index (χ3v) is 5.35. The van der Waals surface area contributed by atoms with Crippen LogP contribution >= 0.6 is 0 Å². The zero-order valence-corrected chi connectivity index (χ0v) is 18.9. The highest BCUT2D eigenvalue weighted by Gasteiger charge is 2.32. The van der Waals surface area contributed by atoms with Crippen molar-refractivity contribution in [2.75, 3.05) is 10.6 Å². The Hall–Kier alpha value is -4.41. The Kier molecular flexibility index (Phi) is 6.16. The Bertz CT molecular complexity index is 1420. The number of rotatable bonds is 5. The van der Waals surface area contributed by atoms with Crippen LogP contribution in [0, 0.1) is 20.8 Å². The molecule has 8 nitrogen and oxygen atoms in total. The number of nitrogens with zero attached hydrogens (tertiary/aromatic N) is 3. The maximum absolute atomic E-state index is 13.5. The van der Waals surface area contributed by atoms with Gasteiger partial charge < -0.3 is 19.7 Å². The number of halogens is 3. The molecule has 4 aromatic rings. The third kappa shape index (κ3) is 5.08. The van der Waals surface area contributed by atoms with Crippen LogP contribution in [-0.4, -0.2) is 26.5 Å². The van der Waals surface area contributed by atoms with E-state index in [-0.39, 0.29) is 22.5 Å². The van der Waals surface area contributed by atoms with E-state index in [1.165, 1.54) is 35.4 Å². The van der Waals surface area contributed by atoms with E-state index in [0.29, 0.717) is 22.7 Å². The molecule has 0 saturated carbocycles. The fourth-order valence-corrected chi connectivity index (χ4v) is 3.42. The van der Waals surface area contributed by atoms with Gasteiger partial charge in [-0.3, -0.25) is 9.59 Å². The zero-order chi connectivity index (χ0) is 25.3. The van der Waals surface area contributed by atoms with Gasteiger partial charge in [-0.1, -0.05) is 11.2 Å². The number of hydrogen-bond donors (Lipinski definition) is 2. The molecule has 0 spiro atoms. The van der Waals surface area contributed by atoms with Gasteiger partial charge >= 0.3 is 6.18 Å². The number of anilines is 2. The van der Waals surface area contributed by atoms with Crippen LogP contribution in [-0.2, 0) is 6.18 Å². The number of carbonyl (C=O) groups excluding carboxylic acids is 2. The van der Waals surface area contributed by atoms with Gasteiger partial charge in [-0.05, 0) is 56.7 Å². The topological polar surface area (TPSA) is 102 Å². The van der Waals surface area contributed by atoms with Gasteiger partial charge in [-0.15, -0.1) is 0 Å². The molecule has 2 aromatic heterocycles. The fourth-order valence-electron chi connectivity index (χ4n) is 3.42. The average molecular weight is 483 g/mol. The zero-order valence-electron chi connectivity index (χ0n) is 18.9. The molecule has 2 heterocycles. The molecule has 0 radical (unpaired) electrons. The Morgan fingerprint density at radius 3 is 2.37 bits per heavy atom. The minimum absolute atomic E-state index is 0.154. The molecule has 2 aromatic carbocycles. The van der Waals surface area contributed by atoms with E-state index in [0.717, 1.165) is 12.1 Å². The number of alkyl halides is 3. The van der Waals surface area contributed by atoms with Crippen LogP contribution in [0.1, 0.15) is 43.3 Å². The summed E-state index contributed by atoms with van der Waals surface area (Å²) in [5.41, 5.74) is 1.28. The molecule has 0 atom stereocenters. The van der Waals surface area contributed by atoms with Crippen LogP contribution in [0.15, 0.2) is 59.6 Å². The van der Waals surface area contributed by atoms with Gasteiger partial charge in [0.05, 0.1) is 18.1 Å². The Morgan fingerprint density at radius 1 is 0.971 bits per heavy atom. The van der Waals surface area contributed by atoms with E-state index < -0.39 is 23.6 Å². The number of nitrogens with one attached hydrogen (secondary N) is 2. The van der Waals surface area contributed by atoms with E-state index in [2.05, 4.69) is 20.8 Å². The van der Waals surface area contributed by atoms with Crippen LogP contribution in [0.4, 0.5) is 24.5 Å². The summed E-state index contributed by atoms with van der Waals surface area (Å²) in [5, 5.41) is 8.89. The maximum Gasteiger partial charge on any atom is 0.416 e. The lowest BCUT2D eigenvalue weighted by Crippen LogP contribution is -2.16. The van der Waals surface area contributed by atoms with Crippen molar-refractivity contribution in [1.29, 1.82) is 0 Å². The summed E-state index contributed by atoms with van der Waals surface area (Å²) in [4.78, 5) is 29.4. The Morgan fingerprint density at radius 2 is 1.74 bits per heavy atom. The standard InChI is InChI=1S/C24H20F3N5O3/c1-13-4-5-18(9-21(13)31-23(34)20-11-29-35-15(20)3)30-22(33)16-6-17(24(25,26)27)8-19(7-16)32-12-28-10-14(32)2/h4-12H,1-3H3,(H,30,33)(H,31,34). The number of aryl methyl sites for hydroxylation is 3. The molecule has 0 unspecified atom stereocenters. The fraction of sp³-hybridized carbons (Fsp3) is 0.167. The van der Waals surface area contributed by atoms with E-state index in [9.17, 15) is 22.8 Å². The molecular formula is C24H20F3N5O3. The van der Waals surface area contributed by atoms with Crippen LogP contribution < -0.4 is 10.6 Å². The van der Waals surface area contributed by atoms with Crippen molar-refractivity contribution in [2.45, 2.75) is 26.9 Å². The lowest BCUT2D eigenvalue weighted by Gasteiger charge is -2.15. The minimum atomic E-state index is -4.65. The molecule has 0 aliphatic rings. The van der Waals surface area contributed by atoms with Crippen LogP contribution in [0.25, 0.3) is 5.69 Å². The summed E-state index contributed by atoms with van der Waals surface area (Å²) in [5.74, 6) is -0.849. The van der Waals surface area contributed by atoms with Crippen molar-refractivity contribution < 1.29 is 27.3 Å². The second-order valence-electron chi connectivity index (χ2n) is 7.90. The number of aromatic nitrogens is 3. The first kappa shape index (κ1) is 23.7. The van der Waals surface area contributed by atoms with Gasteiger partial charge in [-0.2, -0.15) is 13.2 Å². The van der Waals surface area contributed by atoms with Crippen LogP contribution in [0.3, 0.4) is 0 Å². The first-order valence-electron chi connectivity index (χ1n) is 10.4. The molecule has 0 saturated heterocycles. The van der Waals surface area contributed by atoms with Crippen LogP contribution in [0.5, 0.6) is 0 Å². The second kappa shape index (κ2) is 9.09. The summed E-state index contributed by atoms with van der Waals surface area (Å²) in [6.45, 7) is 5.05. The van der Waals surface area contributed by atoms with Crippen molar-refractivity contribution >= 4 is 23.2 Å². The minimum Gasteiger partial charge on any atom is -0.361 e. The van der Waals surface area contributed by atoms with Gasteiger partial charge in [0.1, 0.15) is 11.3 Å². The monoisotopic (exact) mass is 483 g/mol. The van der Waals surface area contributed by atoms with Gasteiger partial charge in [-0.25, -0.2) is 4.98 Å². The summed E-state index contributed by atoms with van der Waals surface area (Å²) >= 11 is 0. The Labute approximate surface area is 197 Å². The van der Waals surface area contributed by atoms with Crippen molar-refractivity contribution in [3.8, 4) is 5.69 Å². The summed E-state index contributed by atoms with van der Waals surface area (Å²) < 4.78 is 47.0. The summed E-state index contributed by atoms with van der Waals surface area (Å²) in [6, 6.07) is 7.86. The van der Waals surface area contributed by atoms with Crippen molar-refractivity contribution in [2.24, 2.45) is 0 Å². The molecule has 180 valence electrons. The average Bonchev–Trinajstić information content (AvgIpc) is 3.43. The predicted octanol–water partition coefficient (Wildman–Crippen LogP) is 5.31. The van der Waals surface area contributed by atoms with E-state index in [1.54, 1.807) is 32.9 Å². The largest absolute Gasteiger partial charge is 0.416 e. The second-order valence-corrected chi connectivity index (χ2v) is 7.90. The van der Waals surface area contributed by atoms with Crippen molar-refractivity contribution in [3.05, 3.63) is 88.8 Å². The molecular weight excluding hydrogens is 463 g/mol. The highest BCUT2D eigenvalue weighted by atomic mass is 19.4. The van der Waals surface area contributed by atoms with E-state index in [4.69, 9.17) is 4.52 Å². The highest BCUT2D eigenvalue weighted by Crippen LogP contribution is 2.32. The molecule has 2 N–H and O–H groups in total. The predicted molar refractivity (Wildman–Crippen MR) is 122 cm³/mol. The SMILES string of the molecule is Cc1ccc(NC(=O)c2cc(-n3cncc3C)cc(C(F)(F)F)c2)cc1NC(=O)c1cnoc1C.